The largest absolute Gasteiger partial charge is 0.383 e. The number of aromatic nitrogens is 3. The highest BCUT2D eigenvalue weighted by atomic mass is 19.1. The normalized spacial score (nSPS) is 17.1. The lowest BCUT2D eigenvalue weighted by atomic mass is 10.2. The summed E-state index contributed by atoms with van der Waals surface area (Å²) < 4.78 is 11.6. The first-order valence-corrected chi connectivity index (χ1v) is 7.07. The van der Waals surface area contributed by atoms with Crippen molar-refractivity contribution in [2.75, 3.05) is 19.0 Å². The molecule has 2 aromatic rings. The number of alkyl halides is 1. The first-order chi connectivity index (χ1) is 9.72. The smallest absolute Gasteiger partial charge is 0.134 e. The SMILES string of the molecule is CC.Cc1[nH]nc2ccnc(N)c12.FCC1CCCN1. The molecule has 3 rings (SSSR count). The fourth-order valence-electron chi connectivity index (χ4n) is 2.03. The third kappa shape index (κ3) is 4.16. The zero-order valence-electron chi connectivity index (χ0n) is 12.4. The van der Waals surface area contributed by atoms with Crippen molar-refractivity contribution in [3.63, 3.8) is 0 Å². The minimum atomic E-state index is -0.194. The number of nitrogens with two attached hydrogens (primary N) is 1. The van der Waals surface area contributed by atoms with Crippen LogP contribution >= 0.6 is 0 Å². The number of nitrogens with one attached hydrogen (secondary N) is 2. The second kappa shape index (κ2) is 8.47. The van der Waals surface area contributed by atoms with Crippen molar-refractivity contribution >= 4 is 16.7 Å². The molecule has 1 unspecified atom stereocenters. The second-order valence-electron chi connectivity index (χ2n) is 4.39. The quantitative estimate of drug-likeness (QED) is 0.750. The summed E-state index contributed by atoms with van der Waals surface area (Å²) in [5, 5.41) is 10.8. The number of pyridine rings is 1. The van der Waals surface area contributed by atoms with Gasteiger partial charge in [0.2, 0.25) is 0 Å². The average molecular weight is 281 g/mol. The summed E-state index contributed by atoms with van der Waals surface area (Å²) in [6.45, 7) is 6.74. The van der Waals surface area contributed by atoms with E-state index in [1.807, 2.05) is 26.8 Å². The Morgan fingerprint density at radius 3 is 2.70 bits per heavy atom. The molecule has 0 radical (unpaired) electrons. The van der Waals surface area contributed by atoms with Gasteiger partial charge in [0, 0.05) is 17.9 Å². The molecular formula is C14H24FN5. The maximum Gasteiger partial charge on any atom is 0.134 e. The average Bonchev–Trinajstić information content (AvgIpc) is 3.12. The molecule has 1 fully saturated rings. The summed E-state index contributed by atoms with van der Waals surface area (Å²) in [6, 6.07) is 2.01. The van der Waals surface area contributed by atoms with Gasteiger partial charge in [-0.2, -0.15) is 5.10 Å². The van der Waals surface area contributed by atoms with Gasteiger partial charge in [-0.25, -0.2) is 9.37 Å². The van der Waals surface area contributed by atoms with E-state index in [4.69, 9.17) is 5.73 Å². The third-order valence-corrected chi connectivity index (χ3v) is 3.03. The lowest BCUT2D eigenvalue weighted by Gasteiger charge is -1.99. The number of rotatable bonds is 1. The third-order valence-electron chi connectivity index (χ3n) is 3.03. The van der Waals surface area contributed by atoms with E-state index >= 15 is 0 Å². The van der Waals surface area contributed by atoms with Crippen molar-refractivity contribution in [2.24, 2.45) is 0 Å². The number of aromatic amines is 1. The zero-order chi connectivity index (χ0) is 15.0. The van der Waals surface area contributed by atoms with Crippen molar-refractivity contribution in [3.05, 3.63) is 18.0 Å². The number of hydrogen-bond acceptors (Lipinski definition) is 4. The van der Waals surface area contributed by atoms with Gasteiger partial charge < -0.3 is 11.1 Å². The number of H-pyrrole nitrogens is 1. The predicted molar refractivity (Wildman–Crippen MR) is 81.4 cm³/mol. The van der Waals surface area contributed by atoms with Gasteiger partial charge in [0.15, 0.2) is 0 Å². The fourth-order valence-corrected chi connectivity index (χ4v) is 2.03. The molecule has 0 aromatic carbocycles. The summed E-state index contributed by atoms with van der Waals surface area (Å²) in [5.41, 5.74) is 7.46. The van der Waals surface area contributed by atoms with Crippen molar-refractivity contribution in [3.8, 4) is 0 Å². The van der Waals surface area contributed by atoms with E-state index in [0.29, 0.717) is 5.82 Å². The van der Waals surface area contributed by atoms with E-state index in [2.05, 4.69) is 20.5 Å². The summed E-state index contributed by atoms with van der Waals surface area (Å²) >= 11 is 0. The number of nitrogens with zero attached hydrogens (tertiary/aromatic N) is 2. The topological polar surface area (TPSA) is 79.6 Å². The van der Waals surface area contributed by atoms with Gasteiger partial charge in [0.1, 0.15) is 12.5 Å². The van der Waals surface area contributed by atoms with Gasteiger partial charge in [-0.15, -0.1) is 0 Å². The van der Waals surface area contributed by atoms with Crippen molar-refractivity contribution in [1.82, 2.24) is 20.5 Å². The number of fused-ring (bicyclic) bond motifs is 1. The van der Waals surface area contributed by atoms with Gasteiger partial charge in [0.25, 0.3) is 0 Å². The molecule has 1 saturated heterocycles. The first kappa shape index (κ1) is 16.4. The van der Waals surface area contributed by atoms with Crippen LogP contribution < -0.4 is 11.1 Å². The molecule has 1 aliphatic rings. The number of aryl methyl sites for hydroxylation is 1. The Morgan fingerprint density at radius 1 is 1.45 bits per heavy atom. The highest BCUT2D eigenvalue weighted by molar-refractivity contribution is 5.89. The van der Waals surface area contributed by atoms with Crippen LogP contribution in [0.15, 0.2) is 12.3 Å². The molecule has 6 heteroatoms. The van der Waals surface area contributed by atoms with E-state index < -0.39 is 0 Å². The second-order valence-corrected chi connectivity index (χ2v) is 4.39. The van der Waals surface area contributed by atoms with Crippen molar-refractivity contribution in [2.45, 2.75) is 39.7 Å². The van der Waals surface area contributed by atoms with Crippen molar-refractivity contribution < 1.29 is 4.39 Å². The minimum Gasteiger partial charge on any atom is -0.383 e. The summed E-state index contributed by atoms with van der Waals surface area (Å²) in [4.78, 5) is 3.96. The van der Waals surface area contributed by atoms with Crippen LogP contribution in [0.1, 0.15) is 32.4 Å². The summed E-state index contributed by atoms with van der Waals surface area (Å²) in [7, 11) is 0. The first-order valence-electron chi connectivity index (χ1n) is 7.07. The molecule has 3 heterocycles. The number of anilines is 1. The predicted octanol–water partition coefficient (Wildman–Crippen LogP) is 2.58. The Labute approximate surface area is 119 Å². The van der Waals surface area contributed by atoms with Crippen molar-refractivity contribution in [1.29, 1.82) is 0 Å². The molecule has 1 aliphatic heterocycles. The van der Waals surface area contributed by atoms with Crippen LogP contribution in [0.5, 0.6) is 0 Å². The molecule has 4 N–H and O–H groups in total. The Hall–Kier alpha value is -1.69. The summed E-state index contributed by atoms with van der Waals surface area (Å²) in [6.07, 6.45) is 3.82. The van der Waals surface area contributed by atoms with Gasteiger partial charge in [-0.05, 0) is 32.4 Å². The van der Waals surface area contributed by atoms with Gasteiger partial charge in [-0.1, -0.05) is 13.8 Å². The molecule has 0 spiro atoms. The van der Waals surface area contributed by atoms with Crippen LogP contribution in [0.25, 0.3) is 10.9 Å². The van der Waals surface area contributed by atoms with E-state index in [9.17, 15) is 4.39 Å². The van der Waals surface area contributed by atoms with Gasteiger partial charge in [-0.3, -0.25) is 5.10 Å². The Morgan fingerprint density at radius 2 is 2.20 bits per heavy atom. The number of hydrogen-bond donors (Lipinski definition) is 3. The van der Waals surface area contributed by atoms with Gasteiger partial charge >= 0.3 is 0 Å². The van der Waals surface area contributed by atoms with Crippen LogP contribution in [0.2, 0.25) is 0 Å². The molecule has 1 atom stereocenters. The Bertz CT molecular complexity index is 505. The maximum atomic E-state index is 11.6. The van der Waals surface area contributed by atoms with Crippen LogP contribution in [0.3, 0.4) is 0 Å². The Balaban J connectivity index is 0.000000193. The zero-order valence-corrected chi connectivity index (χ0v) is 12.4. The van der Waals surface area contributed by atoms with Crippen LogP contribution in [-0.2, 0) is 0 Å². The highest BCUT2D eigenvalue weighted by Crippen LogP contribution is 2.18. The van der Waals surface area contributed by atoms with E-state index in [-0.39, 0.29) is 12.7 Å². The lowest BCUT2D eigenvalue weighted by molar-refractivity contribution is 0.406. The van der Waals surface area contributed by atoms with E-state index in [1.54, 1.807) is 6.20 Å². The fraction of sp³-hybridized carbons (Fsp3) is 0.571. The van der Waals surface area contributed by atoms with E-state index in [0.717, 1.165) is 36.0 Å². The molecule has 0 aliphatic carbocycles. The monoisotopic (exact) mass is 281 g/mol. The molecule has 20 heavy (non-hydrogen) atoms. The lowest BCUT2D eigenvalue weighted by Crippen LogP contribution is -2.22. The molecule has 2 aromatic heterocycles. The molecule has 0 bridgehead atoms. The van der Waals surface area contributed by atoms with Crippen LogP contribution in [-0.4, -0.2) is 34.4 Å². The highest BCUT2D eigenvalue weighted by Gasteiger charge is 2.11. The van der Waals surface area contributed by atoms with Crippen LogP contribution in [0.4, 0.5) is 10.2 Å². The molecule has 0 saturated carbocycles. The van der Waals surface area contributed by atoms with Crippen LogP contribution in [0, 0.1) is 6.92 Å². The molecule has 5 nitrogen and oxygen atoms in total. The summed E-state index contributed by atoms with van der Waals surface area (Å²) in [5.74, 6) is 0.536. The molecule has 112 valence electrons. The number of halogens is 1. The van der Waals surface area contributed by atoms with E-state index in [1.165, 1.54) is 0 Å². The molecular weight excluding hydrogens is 257 g/mol. The van der Waals surface area contributed by atoms with Gasteiger partial charge in [0.05, 0.1) is 10.9 Å². The molecule has 0 amide bonds. The standard InChI is InChI=1S/C7H8N4.C5H10FN.C2H6/c1-4-6-5(11-10-4)2-3-9-7(6)8;6-4-5-2-1-3-7-5;1-2/h2-3H,1H3,(H2,8,9)(H,10,11);5,7H,1-4H2;1-2H3. The Kier molecular flexibility index (Phi) is 6.93. The maximum absolute atomic E-state index is 11.6. The number of nitrogen functional groups attached to an aromatic ring is 1. The minimum absolute atomic E-state index is 0.181.